The predicted molar refractivity (Wildman–Crippen MR) is 93.8 cm³/mol. The lowest BCUT2D eigenvalue weighted by Gasteiger charge is -2.20. The monoisotopic (exact) mass is 328 g/mol. The number of amides is 1. The van der Waals surface area contributed by atoms with Crippen LogP contribution in [0.15, 0.2) is 34.9 Å². The third-order valence-electron chi connectivity index (χ3n) is 3.82. The Kier molecular flexibility index (Phi) is 4.22. The van der Waals surface area contributed by atoms with Crippen LogP contribution in [0.25, 0.3) is 10.2 Å². The van der Waals surface area contributed by atoms with Crippen molar-refractivity contribution in [2.75, 3.05) is 4.90 Å². The van der Waals surface area contributed by atoms with Gasteiger partial charge in [0.05, 0.1) is 23.0 Å². The number of aromatic nitrogens is 1. The van der Waals surface area contributed by atoms with Crippen molar-refractivity contribution in [1.29, 1.82) is 0 Å². The summed E-state index contributed by atoms with van der Waals surface area (Å²) in [5, 5.41) is 0.729. The Bertz CT molecular complexity index is 795. The first-order valence-electron chi connectivity index (χ1n) is 7.68. The molecule has 4 nitrogen and oxygen atoms in total. The maximum atomic E-state index is 12.7. The lowest BCUT2D eigenvalue weighted by molar-refractivity contribution is -0.121. The van der Waals surface area contributed by atoms with Gasteiger partial charge in [0, 0.05) is 5.92 Å². The Morgan fingerprint density at radius 3 is 2.61 bits per heavy atom. The van der Waals surface area contributed by atoms with Crippen molar-refractivity contribution >= 4 is 32.6 Å². The molecule has 0 saturated carbocycles. The second-order valence-electron chi connectivity index (χ2n) is 6.03. The fourth-order valence-electron chi connectivity index (χ4n) is 2.47. The maximum Gasteiger partial charge on any atom is 0.231 e. The topological polar surface area (TPSA) is 46.3 Å². The zero-order chi connectivity index (χ0) is 16.6. The van der Waals surface area contributed by atoms with Gasteiger partial charge in [-0.25, -0.2) is 4.98 Å². The van der Waals surface area contributed by atoms with Crippen LogP contribution in [0.4, 0.5) is 5.13 Å². The Balaban J connectivity index is 2.07. The molecular formula is C18H20N2O2S. The van der Waals surface area contributed by atoms with Crippen LogP contribution in [0, 0.1) is 19.8 Å². The van der Waals surface area contributed by atoms with Crippen LogP contribution in [-0.4, -0.2) is 10.9 Å². The summed E-state index contributed by atoms with van der Waals surface area (Å²) in [5.74, 6) is 0.710. The maximum absolute atomic E-state index is 12.7. The summed E-state index contributed by atoms with van der Waals surface area (Å²) < 4.78 is 6.56. The summed E-state index contributed by atoms with van der Waals surface area (Å²) in [6, 6.07) is 7.88. The Hall–Kier alpha value is -2.14. The summed E-state index contributed by atoms with van der Waals surface area (Å²) in [6.07, 6.45) is 1.63. The molecule has 0 aliphatic carbocycles. The number of hydrogen-bond acceptors (Lipinski definition) is 4. The van der Waals surface area contributed by atoms with Gasteiger partial charge in [0.25, 0.3) is 0 Å². The molecule has 0 radical (unpaired) electrons. The van der Waals surface area contributed by atoms with Gasteiger partial charge in [-0.15, -0.1) is 0 Å². The lowest BCUT2D eigenvalue weighted by Crippen LogP contribution is -2.33. The van der Waals surface area contributed by atoms with Crippen LogP contribution in [0.1, 0.15) is 30.7 Å². The van der Waals surface area contributed by atoms with E-state index in [9.17, 15) is 4.79 Å². The van der Waals surface area contributed by atoms with Crippen LogP contribution in [0.2, 0.25) is 0 Å². The first-order chi connectivity index (χ1) is 11.0. The van der Waals surface area contributed by atoms with E-state index >= 15 is 0 Å². The van der Waals surface area contributed by atoms with Gasteiger partial charge in [0.15, 0.2) is 5.13 Å². The lowest BCUT2D eigenvalue weighted by atomic mass is 10.1. The predicted octanol–water partition coefficient (Wildman–Crippen LogP) is 4.70. The number of aryl methyl sites for hydroxylation is 2. The molecule has 3 rings (SSSR count). The Morgan fingerprint density at radius 1 is 1.26 bits per heavy atom. The number of hydrogen-bond donors (Lipinski definition) is 0. The number of furan rings is 1. The number of fused-ring (bicyclic) bond motifs is 1. The number of nitrogens with zero attached hydrogens (tertiary/aromatic N) is 2. The van der Waals surface area contributed by atoms with Gasteiger partial charge in [0.1, 0.15) is 5.76 Å². The third-order valence-corrected chi connectivity index (χ3v) is 5.03. The van der Waals surface area contributed by atoms with Crippen molar-refractivity contribution < 1.29 is 9.21 Å². The average molecular weight is 328 g/mol. The number of thiazole rings is 1. The Labute approximate surface area is 139 Å². The first-order valence-corrected chi connectivity index (χ1v) is 8.49. The standard InChI is InChI=1S/C18H20N2O2S/c1-11(2)17(21)20(10-14-6-5-9-22-14)18-19-15-12(3)7-8-13(4)16(15)23-18/h5-9,11H,10H2,1-4H3. The molecule has 0 unspecified atom stereocenters. The van der Waals surface area contributed by atoms with Crippen LogP contribution in [0.3, 0.4) is 0 Å². The van der Waals surface area contributed by atoms with Crippen molar-refractivity contribution in [1.82, 2.24) is 4.98 Å². The third kappa shape index (κ3) is 3.01. The van der Waals surface area contributed by atoms with Crippen molar-refractivity contribution in [2.24, 2.45) is 5.92 Å². The number of rotatable bonds is 4. The van der Waals surface area contributed by atoms with Crippen molar-refractivity contribution in [2.45, 2.75) is 34.2 Å². The fraction of sp³-hybridized carbons (Fsp3) is 0.333. The Morgan fingerprint density at radius 2 is 2.00 bits per heavy atom. The van der Waals surface area contributed by atoms with Gasteiger partial charge in [-0.3, -0.25) is 9.69 Å². The molecule has 0 bridgehead atoms. The number of benzene rings is 1. The highest BCUT2D eigenvalue weighted by molar-refractivity contribution is 7.22. The van der Waals surface area contributed by atoms with E-state index in [1.54, 1.807) is 22.5 Å². The van der Waals surface area contributed by atoms with Crippen molar-refractivity contribution in [3.05, 3.63) is 47.4 Å². The van der Waals surface area contributed by atoms with E-state index in [-0.39, 0.29) is 11.8 Å². The summed E-state index contributed by atoms with van der Waals surface area (Å²) >= 11 is 1.57. The largest absolute Gasteiger partial charge is 0.467 e. The summed E-state index contributed by atoms with van der Waals surface area (Å²) in [7, 11) is 0. The molecule has 0 atom stereocenters. The first kappa shape index (κ1) is 15.7. The van der Waals surface area contributed by atoms with E-state index in [0.29, 0.717) is 6.54 Å². The highest BCUT2D eigenvalue weighted by Gasteiger charge is 2.24. The second-order valence-corrected chi connectivity index (χ2v) is 7.01. The highest BCUT2D eigenvalue weighted by Crippen LogP contribution is 2.34. The smallest absolute Gasteiger partial charge is 0.231 e. The molecule has 0 spiro atoms. The minimum atomic E-state index is -0.0980. The molecule has 1 aromatic carbocycles. The molecule has 2 aromatic heterocycles. The van der Waals surface area contributed by atoms with Gasteiger partial charge >= 0.3 is 0 Å². The number of carbonyl (C=O) groups is 1. The van der Waals surface area contributed by atoms with Crippen LogP contribution in [0.5, 0.6) is 0 Å². The number of anilines is 1. The highest BCUT2D eigenvalue weighted by atomic mass is 32.1. The van der Waals surface area contributed by atoms with E-state index in [4.69, 9.17) is 9.40 Å². The molecule has 5 heteroatoms. The normalized spacial score (nSPS) is 11.3. The van der Waals surface area contributed by atoms with E-state index in [1.165, 1.54) is 5.56 Å². The van der Waals surface area contributed by atoms with Gasteiger partial charge in [-0.2, -0.15) is 0 Å². The molecule has 0 fully saturated rings. The van der Waals surface area contributed by atoms with E-state index in [0.717, 1.165) is 26.7 Å². The molecular weight excluding hydrogens is 308 g/mol. The summed E-state index contributed by atoms with van der Waals surface area (Å²) in [6.45, 7) is 8.34. The average Bonchev–Trinajstić information content (AvgIpc) is 3.17. The van der Waals surface area contributed by atoms with Gasteiger partial charge in [0.2, 0.25) is 5.91 Å². The van der Waals surface area contributed by atoms with Crippen LogP contribution < -0.4 is 4.90 Å². The SMILES string of the molecule is Cc1ccc(C)c2sc(N(Cc3ccco3)C(=O)C(C)C)nc12. The molecule has 120 valence electrons. The summed E-state index contributed by atoms with van der Waals surface area (Å²) in [5.41, 5.74) is 3.29. The molecule has 2 heterocycles. The fourth-order valence-corrected chi connectivity index (χ4v) is 3.59. The quantitative estimate of drug-likeness (QED) is 0.697. The zero-order valence-corrected chi connectivity index (χ0v) is 14.6. The molecule has 3 aromatic rings. The van der Waals surface area contributed by atoms with Gasteiger partial charge in [-0.05, 0) is 37.1 Å². The molecule has 0 aliphatic rings. The molecule has 0 N–H and O–H groups in total. The van der Waals surface area contributed by atoms with Crippen LogP contribution >= 0.6 is 11.3 Å². The van der Waals surface area contributed by atoms with Gasteiger partial charge < -0.3 is 4.42 Å². The van der Waals surface area contributed by atoms with E-state index < -0.39 is 0 Å². The molecule has 23 heavy (non-hydrogen) atoms. The van der Waals surface area contributed by atoms with Crippen molar-refractivity contribution in [3.8, 4) is 0 Å². The molecule has 0 saturated heterocycles. The van der Waals surface area contributed by atoms with E-state index in [1.807, 2.05) is 32.9 Å². The minimum Gasteiger partial charge on any atom is -0.467 e. The zero-order valence-electron chi connectivity index (χ0n) is 13.8. The van der Waals surface area contributed by atoms with Crippen LogP contribution in [-0.2, 0) is 11.3 Å². The van der Waals surface area contributed by atoms with Crippen molar-refractivity contribution in [3.63, 3.8) is 0 Å². The van der Waals surface area contributed by atoms with Gasteiger partial charge in [-0.1, -0.05) is 37.3 Å². The number of carbonyl (C=O) groups excluding carboxylic acids is 1. The summed E-state index contributed by atoms with van der Waals surface area (Å²) in [4.78, 5) is 19.1. The minimum absolute atomic E-state index is 0.0516. The van der Waals surface area contributed by atoms with E-state index in [2.05, 4.69) is 19.1 Å². The molecule has 0 aliphatic heterocycles. The second kappa shape index (κ2) is 6.16. The molecule has 1 amide bonds.